The van der Waals surface area contributed by atoms with Gasteiger partial charge in [-0.05, 0) is 62.7 Å². The molecule has 246 valence electrons. The first kappa shape index (κ1) is 33.3. The number of esters is 4. The first-order valence-electron chi connectivity index (χ1n) is 15.7. The van der Waals surface area contributed by atoms with Crippen molar-refractivity contribution in [3.8, 4) is 0 Å². The van der Waals surface area contributed by atoms with Crippen LogP contribution in [0.1, 0.15) is 65.2 Å². The van der Waals surface area contributed by atoms with Gasteiger partial charge in [0.2, 0.25) is 0 Å². The highest BCUT2D eigenvalue weighted by Crippen LogP contribution is 2.72. The van der Waals surface area contributed by atoms with E-state index >= 15 is 4.79 Å². The highest BCUT2D eigenvalue weighted by molar-refractivity contribution is 5.96. The standard InChI is InChI=1S/C36H42O10/c1-8-19(2)32(40)46-30-20(3)16-35-21(4)14-27-28(34(27,7)18-44-33(41)24-12-10-9-11-13-24)26(29(35)39)15-25(17-43-22(5)37)31(36(30,35)42)45-23(6)38/h8-13,15-16,21,26-28,30-31,42H,14,17-18H2,1-7H3. The van der Waals surface area contributed by atoms with Gasteiger partial charge in [-0.25, -0.2) is 9.59 Å². The zero-order chi connectivity index (χ0) is 33.8. The molecule has 2 saturated carbocycles. The molecule has 1 aromatic rings. The second-order valence-corrected chi connectivity index (χ2v) is 13.5. The van der Waals surface area contributed by atoms with Crippen molar-refractivity contribution in [3.05, 3.63) is 70.8 Å². The number of aliphatic hydroxyl groups is 1. The predicted octanol–water partition coefficient (Wildman–Crippen LogP) is 4.31. The number of hydrogen-bond acceptors (Lipinski definition) is 10. The van der Waals surface area contributed by atoms with Gasteiger partial charge < -0.3 is 24.1 Å². The quantitative estimate of drug-likeness (QED) is 0.190. The number of ether oxygens (including phenoxy) is 4. The van der Waals surface area contributed by atoms with E-state index in [0.717, 1.165) is 0 Å². The third kappa shape index (κ3) is 5.11. The Balaban J connectivity index is 1.62. The summed E-state index contributed by atoms with van der Waals surface area (Å²) >= 11 is 0. The number of fused-ring (bicyclic) bond motifs is 3. The summed E-state index contributed by atoms with van der Waals surface area (Å²) in [6.07, 6.45) is 2.55. The van der Waals surface area contributed by atoms with E-state index in [1.165, 1.54) is 13.8 Å². The Bertz CT molecular complexity index is 1560. The van der Waals surface area contributed by atoms with Gasteiger partial charge in [-0.3, -0.25) is 14.4 Å². The first-order chi connectivity index (χ1) is 21.6. The summed E-state index contributed by atoms with van der Waals surface area (Å²) in [5, 5.41) is 13.1. The fourth-order valence-corrected chi connectivity index (χ4v) is 8.30. The lowest BCUT2D eigenvalue weighted by Gasteiger charge is -2.49. The van der Waals surface area contributed by atoms with Gasteiger partial charge >= 0.3 is 23.9 Å². The van der Waals surface area contributed by atoms with Gasteiger partial charge in [-0.15, -0.1) is 0 Å². The minimum Gasteiger partial charge on any atom is -0.461 e. The minimum absolute atomic E-state index is 0.0688. The van der Waals surface area contributed by atoms with E-state index in [1.54, 1.807) is 63.3 Å². The largest absolute Gasteiger partial charge is 0.461 e. The van der Waals surface area contributed by atoms with Crippen LogP contribution in [0.15, 0.2) is 65.3 Å². The molecule has 2 fully saturated rings. The first-order valence-corrected chi connectivity index (χ1v) is 15.7. The lowest BCUT2D eigenvalue weighted by Crippen LogP contribution is -2.66. The van der Waals surface area contributed by atoms with E-state index in [9.17, 15) is 24.3 Å². The normalized spacial score (nSPS) is 36.1. The molecule has 4 aliphatic rings. The highest BCUT2D eigenvalue weighted by Gasteiger charge is 2.78. The van der Waals surface area contributed by atoms with Gasteiger partial charge in [0, 0.05) is 36.3 Å². The molecule has 0 aliphatic heterocycles. The molecule has 0 amide bonds. The second kappa shape index (κ2) is 12.0. The maximum atomic E-state index is 15.1. The molecule has 1 N–H and O–H groups in total. The highest BCUT2D eigenvalue weighted by atomic mass is 16.6. The molecule has 2 bridgehead atoms. The second-order valence-electron chi connectivity index (χ2n) is 13.5. The summed E-state index contributed by atoms with van der Waals surface area (Å²) in [4.78, 5) is 65.7. The average Bonchev–Trinajstić information content (AvgIpc) is 3.55. The van der Waals surface area contributed by atoms with Gasteiger partial charge in [-0.2, -0.15) is 0 Å². The van der Waals surface area contributed by atoms with E-state index in [2.05, 4.69) is 0 Å². The molecule has 1 aromatic carbocycles. The number of allylic oxidation sites excluding steroid dienone is 2. The summed E-state index contributed by atoms with van der Waals surface area (Å²) in [5.74, 6) is -4.52. The van der Waals surface area contributed by atoms with Gasteiger partial charge in [-0.1, -0.05) is 50.3 Å². The van der Waals surface area contributed by atoms with Crippen LogP contribution in [0.2, 0.25) is 0 Å². The van der Waals surface area contributed by atoms with Gasteiger partial charge in [0.25, 0.3) is 0 Å². The third-order valence-corrected chi connectivity index (χ3v) is 10.7. The smallest absolute Gasteiger partial charge is 0.338 e. The summed E-state index contributed by atoms with van der Waals surface area (Å²) < 4.78 is 23.0. The van der Waals surface area contributed by atoms with Crippen LogP contribution in [-0.2, 0) is 38.1 Å². The number of carbonyl (C=O) groups excluding carboxylic acids is 5. The SMILES string of the molecule is CC=C(C)C(=O)OC1C(C)=CC23C(=O)C(C=C(COC(C)=O)C(OC(C)=O)C12O)C1C(CC3C)C1(C)COC(=O)c1ccccc1. The van der Waals surface area contributed by atoms with E-state index in [4.69, 9.17) is 18.9 Å². The van der Waals surface area contributed by atoms with Crippen LogP contribution >= 0.6 is 0 Å². The Morgan fingerprint density at radius 1 is 1.00 bits per heavy atom. The molecule has 4 aliphatic carbocycles. The van der Waals surface area contributed by atoms with Crippen molar-refractivity contribution in [2.24, 2.45) is 34.5 Å². The van der Waals surface area contributed by atoms with Crippen LogP contribution in [0.4, 0.5) is 0 Å². The maximum Gasteiger partial charge on any atom is 0.338 e. The number of ketones is 1. The van der Waals surface area contributed by atoms with E-state index in [0.29, 0.717) is 23.1 Å². The lowest BCUT2D eigenvalue weighted by molar-refractivity contribution is -0.211. The van der Waals surface area contributed by atoms with Crippen LogP contribution in [-0.4, -0.2) is 65.8 Å². The predicted molar refractivity (Wildman–Crippen MR) is 165 cm³/mol. The molecule has 5 rings (SSSR count). The van der Waals surface area contributed by atoms with Crippen molar-refractivity contribution in [1.82, 2.24) is 0 Å². The maximum absolute atomic E-state index is 15.1. The van der Waals surface area contributed by atoms with Crippen molar-refractivity contribution in [3.63, 3.8) is 0 Å². The zero-order valence-corrected chi connectivity index (χ0v) is 27.3. The van der Waals surface area contributed by atoms with E-state index in [-0.39, 0.29) is 36.4 Å². The Kier molecular flexibility index (Phi) is 8.66. The van der Waals surface area contributed by atoms with Gasteiger partial charge in [0.1, 0.15) is 6.61 Å². The molecule has 0 radical (unpaired) electrons. The molecule has 46 heavy (non-hydrogen) atoms. The van der Waals surface area contributed by atoms with Crippen molar-refractivity contribution >= 4 is 29.7 Å². The molecular formula is C36H42O10. The molecule has 0 saturated heterocycles. The molecule has 9 unspecified atom stereocenters. The Hall–Kier alpha value is -4.05. The zero-order valence-electron chi connectivity index (χ0n) is 27.3. The summed E-state index contributed by atoms with van der Waals surface area (Å²) in [5.41, 5.74) is -3.08. The van der Waals surface area contributed by atoms with Crippen LogP contribution in [0, 0.1) is 34.5 Å². The topological polar surface area (TPSA) is 143 Å². The van der Waals surface area contributed by atoms with Crippen LogP contribution in [0.5, 0.6) is 0 Å². The molecule has 0 heterocycles. The van der Waals surface area contributed by atoms with Gasteiger partial charge in [0.15, 0.2) is 23.6 Å². The van der Waals surface area contributed by atoms with Crippen molar-refractivity contribution in [2.45, 2.75) is 72.7 Å². The lowest BCUT2D eigenvalue weighted by atomic mass is 9.59. The van der Waals surface area contributed by atoms with Crippen LogP contribution < -0.4 is 0 Å². The third-order valence-electron chi connectivity index (χ3n) is 10.7. The molecule has 1 spiro atoms. The number of hydrogen-bond donors (Lipinski definition) is 1. The van der Waals surface area contributed by atoms with Gasteiger partial charge in [0.05, 0.1) is 17.6 Å². The molecule has 9 atom stereocenters. The van der Waals surface area contributed by atoms with Crippen molar-refractivity contribution in [2.75, 3.05) is 13.2 Å². The fourth-order valence-electron chi connectivity index (χ4n) is 8.30. The molecule has 10 heteroatoms. The summed E-state index contributed by atoms with van der Waals surface area (Å²) in [6, 6.07) is 8.66. The van der Waals surface area contributed by atoms with Crippen LogP contribution in [0.3, 0.4) is 0 Å². The Labute approximate surface area is 268 Å². The van der Waals surface area contributed by atoms with Crippen LogP contribution in [0.25, 0.3) is 0 Å². The Morgan fingerprint density at radius 2 is 1.67 bits per heavy atom. The fraction of sp³-hybridized carbons (Fsp3) is 0.528. The average molecular weight is 635 g/mol. The van der Waals surface area contributed by atoms with E-state index in [1.807, 2.05) is 19.9 Å². The minimum atomic E-state index is -2.25. The van der Waals surface area contributed by atoms with E-state index < -0.39 is 64.4 Å². The molecule has 0 aromatic heterocycles. The number of benzene rings is 1. The monoisotopic (exact) mass is 634 g/mol. The number of Topliss-reactive ketones (excluding diaryl/α,β-unsaturated/α-hetero) is 1. The molecule has 10 nitrogen and oxygen atoms in total. The number of carbonyl (C=O) groups is 5. The van der Waals surface area contributed by atoms with Crippen molar-refractivity contribution < 1.29 is 48.0 Å². The Morgan fingerprint density at radius 3 is 2.28 bits per heavy atom. The number of rotatable bonds is 8. The molecular weight excluding hydrogens is 592 g/mol. The summed E-state index contributed by atoms with van der Waals surface area (Å²) in [6.45, 7) is 10.9. The van der Waals surface area contributed by atoms with Crippen molar-refractivity contribution in [1.29, 1.82) is 0 Å². The summed E-state index contributed by atoms with van der Waals surface area (Å²) in [7, 11) is 0.